The molecule has 0 spiro atoms. The van der Waals surface area contributed by atoms with Gasteiger partial charge in [-0.1, -0.05) is 30.3 Å². The first-order chi connectivity index (χ1) is 9.65. The van der Waals surface area contributed by atoms with E-state index in [-0.39, 0.29) is 5.91 Å². The van der Waals surface area contributed by atoms with Crippen LogP contribution in [0.15, 0.2) is 48.7 Å². The van der Waals surface area contributed by atoms with Gasteiger partial charge in [0.05, 0.1) is 6.04 Å². The number of nitrogens with one attached hydrogen (secondary N) is 1. The lowest BCUT2D eigenvalue weighted by molar-refractivity contribution is -0.117. The Labute approximate surface area is 119 Å². The zero-order valence-electron chi connectivity index (χ0n) is 11.5. The fraction of sp³-hybridized carbons (Fsp3) is 0.250. The Hall–Kier alpha value is -2.20. The molecular formula is C16H19N3O. The number of nitrogens with zero attached hydrogens (tertiary/aromatic N) is 1. The van der Waals surface area contributed by atoms with Crippen molar-refractivity contribution in [3.8, 4) is 0 Å². The van der Waals surface area contributed by atoms with Crippen molar-refractivity contribution in [1.29, 1.82) is 0 Å². The number of anilines is 1. The Balaban J connectivity index is 1.86. The van der Waals surface area contributed by atoms with Crippen LogP contribution in [0.5, 0.6) is 0 Å². The van der Waals surface area contributed by atoms with Gasteiger partial charge in [-0.25, -0.2) is 4.98 Å². The predicted molar refractivity (Wildman–Crippen MR) is 80.3 cm³/mol. The summed E-state index contributed by atoms with van der Waals surface area (Å²) in [7, 11) is 0. The Morgan fingerprint density at radius 2 is 2.05 bits per heavy atom. The van der Waals surface area contributed by atoms with Crippen LogP contribution in [0.4, 0.5) is 5.82 Å². The summed E-state index contributed by atoms with van der Waals surface area (Å²) in [6, 6.07) is 13.2. The minimum absolute atomic E-state index is 0.195. The largest absolute Gasteiger partial charge is 0.320 e. The van der Waals surface area contributed by atoms with Gasteiger partial charge in [0.2, 0.25) is 5.91 Å². The number of benzene rings is 1. The van der Waals surface area contributed by atoms with Gasteiger partial charge in [0.25, 0.3) is 0 Å². The molecule has 0 aliphatic carbocycles. The first-order valence-electron chi connectivity index (χ1n) is 6.68. The van der Waals surface area contributed by atoms with Crippen LogP contribution in [0.3, 0.4) is 0 Å². The average molecular weight is 269 g/mol. The first-order valence-corrected chi connectivity index (χ1v) is 6.68. The summed E-state index contributed by atoms with van der Waals surface area (Å²) in [4.78, 5) is 16.1. The van der Waals surface area contributed by atoms with Gasteiger partial charge in [-0.3, -0.25) is 4.79 Å². The molecule has 20 heavy (non-hydrogen) atoms. The molecule has 1 heterocycles. The number of amides is 1. The van der Waals surface area contributed by atoms with E-state index in [4.69, 9.17) is 5.73 Å². The van der Waals surface area contributed by atoms with Crippen LogP contribution in [0.25, 0.3) is 0 Å². The minimum atomic E-state index is -0.530. The Morgan fingerprint density at radius 1 is 1.30 bits per heavy atom. The van der Waals surface area contributed by atoms with Gasteiger partial charge in [0.15, 0.2) is 0 Å². The average Bonchev–Trinajstić information content (AvgIpc) is 2.46. The monoisotopic (exact) mass is 269 g/mol. The number of hydrogen-bond donors (Lipinski definition) is 2. The van der Waals surface area contributed by atoms with Crippen LogP contribution in [0.2, 0.25) is 0 Å². The van der Waals surface area contributed by atoms with Gasteiger partial charge in [-0.15, -0.1) is 0 Å². The predicted octanol–water partition coefficient (Wildman–Crippen LogP) is 2.29. The summed E-state index contributed by atoms with van der Waals surface area (Å²) < 4.78 is 0. The summed E-state index contributed by atoms with van der Waals surface area (Å²) in [5.74, 6) is 0.351. The van der Waals surface area contributed by atoms with E-state index in [0.717, 1.165) is 12.0 Å². The lowest BCUT2D eigenvalue weighted by Gasteiger charge is -2.12. The molecule has 3 N–H and O–H groups in total. The summed E-state index contributed by atoms with van der Waals surface area (Å²) >= 11 is 0. The molecule has 0 unspecified atom stereocenters. The topological polar surface area (TPSA) is 68.0 Å². The first kappa shape index (κ1) is 14.2. The normalized spacial score (nSPS) is 11.9. The van der Waals surface area contributed by atoms with Crippen LogP contribution in [0.1, 0.15) is 17.5 Å². The lowest BCUT2D eigenvalue weighted by Crippen LogP contribution is -2.36. The van der Waals surface area contributed by atoms with Crippen molar-refractivity contribution in [2.75, 3.05) is 5.32 Å². The van der Waals surface area contributed by atoms with Crippen LogP contribution in [-0.2, 0) is 11.2 Å². The number of rotatable bonds is 5. The van der Waals surface area contributed by atoms with Crippen molar-refractivity contribution in [2.24, 2.45) is 5.73 Å². The fourth-order valence-electron chi connectivity index (χ4n) is 1.92. The maximum atomic E-state index is 12.0. The highest BCUT2D eigenvalue weighted by atomic mass is 16.2. The van der Waals surface area contributed by atoms with E-state index >= 15 is 0 Å². The van der Waals surface area contributed by atoms with E-state index in [1.807, 2.05) is 49.4 Å². The quantitative estimate of drug-likeness (QED) is 0.875. The maximum absolute atomic E-state index is 12.0. The number of hydrogen-bond acceptors (Lipinski definition) is 3. The smallest absolute Gasteiger partial charge is 0.242 e. The molecule has 4 heteroatoms. The number of aryl methyl sites for hydroxylation is 2. The Bertz CT molecular complexity index is 569. The second-order valence-electron chi connectivity index (χ2n) is 4.84. The highest BCUT2D eigenvalue weighted by Crippen LogP contribution is 2.08. The summed E-state index contributed by atoms with van der Waals surface area (Å²) in [5, 5.41) is 2.74. The summed E-state index contributed by atoms with van der Waals surface area (Å²) in [5.41, 5.74) is 8.15. The molecule has 1 amide bonds. The van der Waals surface area contributed by atoms with Crippen LogP contribution in [0, 0.1) is 6.92 Å². The maximum Gasteiger partial charge on any atom is 0.242 e. The molecule has 0 bridgehead atoms. The minimum Gasteiger partial charge on any atom is -0.320 e. The molecule has 104 valence electrons. The Morgan fingerprint density at radius 3 is 2.75 bits per heavy atom. The lowest BCUT2D eigenvalue weighted by atomic mass is 10.1. The number of carbonyl (C=O) groups excluding carboxylic acids is 1. The summed E-state index contributed by atoms with van der Waals surface area (Å²) in [6.45, 7) is 1.95. The van der Waals surface area contributed by atoms with Gasteiger partial charge >= 0.3 is 0 Å². The number of pyridine rings is 1. The molecule has 0 radical (unpaired) electrons. The molecule has 0 fully saturated rings. The zero-order chi connectivity index (χ0) is 14.4. The van der Waals surface area contributed by atoms with Crippen molar-refractivity contribution >= 4 is 11.7 Å². The van der Waals surface area contributed by atoms with E-state index < -0.39 is 6.04 Å². The van der Waals surface area contributed by atoms with Crippen molar-refractivity contribution < 1.29 is 4.79 Å². The summed E-state index contributed by atoms with van der Waals surface area (Å²) in [6.07, 6.45) is 3.07. The SMILES string of the molecule is Cc1ccnc(NC(=O)[C@@H](N)CCc2ccccc2)c1. The zero-order valence-corrected chi connectivity index (χ0v) is 11.5. The third-order valence-corrected chi connectivity index (χ3v) is 3.09. The second-order valence-corrected chi connectivity index (χ2v) is 4.84. The van der Waals surface area contributed by atoms with Gasteiger partial charge in [0, 0.05) is 6.20 Å². The molecule has 1 aromatic heterocycles. The van der Waals surface area contributed by atoms with Crippen molar-refractivity contribution in [2.45, 2.75) is 25.8 Å². The van der Waals surface area contributed by atoms with Crippen LogP contribution < -0.4 is 11.1 Å². The molecule has 0 aliphatic heterocycles. The standard InChI is InChI=1S/C16H19N3O/c1-12-9-10-18-15(11-12)19-16(20)14(17)8-7-13-5-3-2-4-6-13/h2-6,9-11,14H,7-8,17H2,1H3,(H,18,19,20)/t14-/m0/s1. The van der Waals surface area contributed by atoms with Crippen molar-refractivity contribution in [3.63, 3.8) is 0 Å². The molecule has 2 rings (SSSR count). The fourth-order valence-corrected chi connectivity index (χ4v) is 1.92. The number of nitrogens with two attached hydrogens (primary N) is 1. The van der Waals surface area contributed by atoms with Crippen molar-refractivity contribution in [1.82, 2.24) is 4.98 Å². The van der Waals surface area contributed by atoms with Gasteiger partial charge in [0.1, 0.15) is 5.82 Å². The molecule has 1 aromatic carbocycles. The number of aromatic nitrogens is 1. The third kappa shape index (κ3) is 4.17. The molecule has 0 aliphatic rings. The van der Waals surface area contributed by atoms with E-state index in [0.29, 0.717) is 12.2 Å². The molecule has 0 saturated carbocycles. The highest BCUT2D eigenvalue weighted by molar-refractivity contribution is 5.93. The van der Waals surface area contributed by atoms with E-state index in [1.54, 1.807) is 6.20 Å². The van der Waals surface area contributed by atoms with Gasteiger partial charge in [-0.2, -0.15) is 0 Å². The van der Waals surface area contributed by atoms with E-state index in [9.17, 15) is 4.79 Å². The molecular weight excluding hydrogens is 250 g/mol. The van der Waals surface area contributed by atoms with E-state index in [2.05, 4.69) is 10.3 Å². The van der Waals surface area contributed by atoms with E-state index in [1.165, 1.54) is 5.56 Å². The molecule has 0 saturated heterocycles. The molecule has 1 atom stereocenters. The van der Waals surface area contributed by atoms with Crippen molar-refractivity contribution in [3.05, 3.63) is 59.8 Å². The highest BCUT2D eigenvalue weighted by Gasteiger charge is 2.13. The molecule has 4 nitrogen and oxygen atoms in total. The number of carbonyl (C=O) groups is 1. The second kappa shape index (κ2) is 6.82. The Kier molecular flexibility index (Phi) is 4.85. The third-order valence-electron chi connectivity index (χ3n) is 3.09. The molecule has 2 aromatic rings. The van der Waals surface area contributed by atoms with Gasteiger partial charge < -0.3 is 11.1 Å². The van der Waals surface area contributed by atoms with Crippen LogP contribution in [-0.4, -0.2) is 16.9 Å². The van der Waals surface area contributed by atoms with Crippen LogP contribution >= 0.6 is 0 Å². The van der Waals surface area contributed by atoms with Gasteiger partial charge in [-0.05, 0) is 43.0 Å².